The van der Waals surface area contributed by atoms with E-state index in [1.54, 1.807) is 7.05 Å². The molecule has 6 nitrogen and oxygen atoms in total. The smallest absolute Gasteiger partial charge is 0.221 e. The summed E-state index contributed by atoms with van der Waals surface area (Å²) in [5.41, 5.74) is 0. The number of ether oxygens (including phenoxy) is 1. The van der Waals surface area contributed by atoms with Gasteiger partial charge in [-0.2, -0.15) is 0 Å². The molecule has 0 unspecified atom stereocenters. The molecule has 0 radical (unpaired) electrons. The minimum absolute atomic E-state index is 0. The van der Waals surface area contributed by atoms with Crippen molar-refractivity contribution in [1.29, 1.82) is 0 Å². The van der Waals surface area contributed by atoms with Crippen molar-refractivity contribution >= 4 is 35.8 Å². The van der Waals surface area contributed by atoms with E-state index < -0.39 is 0 Å². The summed E-state index contributed by atoms with van der Waals surface area (Å²) in [6.07, 6.45) is 13.3. The first-order valence-corrected chi connectivity index (χ1v) is 10.1. The van der Waals surface area contributed by atoms with Crippen molar-refractivity contribution in [2.24, 2.45) is 4.99 Å². The summed E-state index contributed by atoms with van der Waals surface area (Å²) in [6, 6.07) is 0.395. The van der Waals surface area contributed by atoms with Gasteiger partial charge in [0.25, 0.3) is 0 Å². The Hall–Kier alpha value is -0.570. The lowest BCUT2D eigenvalue weighted by atomic mass is 10.1. The average Bonchev–Trinajstić information content (AvgIpc) is 2.98. The van der Waals surface area contributed by atoms with Gasteiger partial charge in [-0.1, -0.05) is 38.5 Å². The fourth-order valence-corrected chi connectivity index (χ4v) is 3.69. The maximum atomic E-state index is 11.9. The van der Waals surface area contributed by atoms with Crippen molar-refractivity contribution in [3.63, 3.8) is 0 Å². The van der Waals surface area contributed by atoms with Crippen LogP contribution < -0.4 is 16.0 Å². The van der Waals surface area contributed by atoms with Gasteiger partial charge < -0.3 is 20.7 Å². The molecule has 0 aromatic rings. The predicted molar refractivity (Wildman–Crippen MR) is 117 cm³/mol. The summed E-state index contributed by atoms with van der Waals surface area (Å²) in [5, 5.41) is 9.55. The fraction of sp³-hybridized carbons (Fsp3) is 0.895. The molecular formula is C19H37IN4O2. The second-order valence-corrected chi connectivity index (χ2v) is 7.21. The monoisotopic (exact) mass is 480 g/mol. The van der Waals surface area contributed by atoms with Crippen LogP contribution in [0.2, 0.25) is 0 Å². The summed E-state index contributed by atoms with van der Waals surface area (Å²) in [5.74, 6) is 0.865. The summed E-state index contributed by atoms with van der Waals surface area (Å²) >= 11 is 0. The largest absolute Gasteiger partial charge is 0.376 e. The van der Waals surface area contributed by atoms with Crippen LogP contribution in [0.5, 0.6) is 0 Å². The molecule has 26 heavy (non-hydrogen) atoms. The number of carbonyl (C=O) groups excluding carboxylic acids is 1. The molecule has 0 heterocycles. The van der Waals surface area contributed by atoms with Crippen molar-refractivity contribution < 1.29 is 9.53 Å². The summed E-state index contributed by atoms with van der Waals surface area (Å²) in [7, 11) is 1.75. The van der Waals surface area contributed by atoms with E-state index in [4.69, 9.17) is 4.74 Å². The molecule has 2 aliphatic rings. The Morgan fingerprint density at radius 2 is 1.58 bits per heavy atom. The van der Waals surface area contributed by atoms with Crippen molar-refractivity contribution in [1.82, 2.24) is 16.0 Å². The first-order valence-electron chi connectivity index (χ1n) is 10.1. The highest BCUT2D eigenvalue weighted by Crippen LogP contribution is 2.19. The zero-order chi connectivity index (χ0) is 17.7. The van der Waals surface area contributed by atoms with Gasteiger partial charge in [0.2, 0.25) is 5.91 Å². The highest BCUT2D eigenvalue weighted by atomic mass is 127. The molecule has 7 heteroatoms. The first kappa shape index (κ1) is 23.5. The molecule has 2 fully saturated rings. The van der Waals surface area contributed by atoms with Gasteiger partial charge in [-0.15, -0.1) is 24.0 Å². The molecule has 0 saturated heterocycles. The van der Waals surface area contributed by atoms with Crippen LogP contribution >= 0.6 is 24.0 Å². The molecule has 0 atom stereocenters. The lowest BCUT2D eigenvalue weighted by molar-refractivity contribution is -0.121. The standard InChI is InChI=1S/C19H36N4O2.HI/c1-20-19(21-13-12-18(24)23-16-8-6-7-9-16)22-14-15-25-17-10-4-2-3-5-11-17;/h16-17H,2-15H2,1H3,(H,23,24)(H2,20,21,22);1H. The van der Waals surface area contributed by atoms with Gasteiger partial charge in [-0.25, -0.2) is 0 Å². The third-order valence-corrected chi connectivity index (χ3v) is 5.14. The number of nitrogens with one attached hydrogen (secondary N) is 3. The number of nitrogens with zero attached hydrogens (tertiary/aromatic N) is 1. The van der Waals surface area contributed by atoms with Crippen LogP contribution in [0.3, 0.4) is 0 Å². The molecule has 0 aliphatic heterocycles. The number of aliphatic imine (C=N–C) groups is 1. The molecule has 152 valence electrons. The van der Waals surface area contributed by atoms with Crippen LogP contribution in [-0.4, -0.2) is 50.8 Å². The molecule has 2 saturated carbocycles. The van der Waals surface area contributed by atoms with E-state index in [2.05, 4.69) is 20.9 Å². The normalized spacial score (nSPS) is 19.5. The number of amides is 1. The molecule has 2 rings (SSSR count). The molecule has 0 bridgehead atoms. The van der Waals surface area contributed by atoms with E-state index in [-0.39, 0.29) is 29.9 Å². The Morgan fingerprint density at radius 3 is 2.23 bits per heavy atom. The Morgan fingerprint density at radius 1 is 0.962 bits per heavy atom. The number of rotatable bonds is 8. The average molecular weight is 480 g/mol. The Balaban J connectivity index is 0.00000338. The summed E-state index contributed by atoms with van der Waals surface area (Å²) in [6.45, 7) is 2.04. The minimum atomic E-state index is 0. The number of hydrogen-bond acceptors (Lipinski definition) is 3. The number of halogens is 1. The highest BCUT2D eigenvalue weighted by Gasteiger charge is 2.16. The molecule has 1 amide bonds. The van der Waals surface area contributed by atoms with E-state index in [1.807, 2.05) is 0 Å². The van der Waals surface area contributed by atoms with E-state index in [9.17, 15) is 4.79 Å². The Kier molecular flexibility index (Phi) is 13.1. The van der Waals surface area contributed by atoms with Crippen LogP contribution in [0.25, 0.3) is 0 Å². The molecule has 0 aromatic heterocycles. The van der Waals surface area contributed by atoms with E-state index in [0.29, 0.717) is 31.7 Å². The van der Waals surface area contributed by atoms with Gasteiger partial charge in [-0.05, 0) is 25.7 Å². The van der Waals surface area contributed by atoms with Gasteiger partial charge >= 0.3 is 0 Å². The lowest BCUT2D eigenvalue weighted by Crippen LogP contribution is -2.41. The topological polar surface area (TPSA) is 74.8 Å². The molecular weight excluding hydrogens is 443 g/mol. The highest BCUT2D eigenvalue weighted by molar-refractivity contribution is 14.0. The second-order valence-electron chi connectivity index (χ2n) is 7.21. The first-order chi connectivity index (χ1) is 12.3. The Bertz CT molecular complexity index is 406. The third-order valence-electron chi connectivity index (χ3n) is 5.14. The third kappa shape index (κ3) is 9.94. The Labute approximate surface area is 175 Å². The second kappa shape index (κ2) is 14.5. The number of guanidine groups is 1. The van der Waals surface area contributed by atoms with Crippen molar-refractivity contribution in [3.05, 3.63) is 0 Å². The number of hydrogen-bond donors (Lipinski definition) is 3. The number of carbonyl (C=O) groups is 1. The van der Waals surface area contributed by atoms with Crippen LogP contribution in [0.4, 0.5) is 0 Å². The lowest BCUT2D eigenvalue weighted by Gasteiger charge is -2.17. The van der Waals surface area contributed by atoms with Crippen molar-refractivity contribution in [2.45, 2.75) is 82.8 Å². The fourth-order valence-electron chi connectivity index (χ4n) is 3.69. The zero-order valence-electron chi connectivity index (χ0n) is 16.2. The quantitative estimate of drug-likeness (QED) is 0.164. The van der Waals surface area contributed by atoms with Crippen LogP contribution in [0.1, 0.15) is 70.6 Å². The molecule has 0 aromatic carbocycles. The van der Waals surface area contributed by atoms with Gasteiger partial charge in [-0.3, -0.25) is 9.79 Å². The van der Waals surface area contributed by atoms with E-state index in [1.165, 1.54) is 51.4 Å². The molecule has 2 aliphatic carbocycles. The van der Waals surface area contributed by atoms with Gasteiger partial charge in [0, 0.05) is 32.6 Å². The van der Waals surface area contributed by atoms with Crippen LogP contribution in [-0.2, 0) is 9.53 Å². The SMILES string of the molecule is CN=C(NCCOC1CCCCCC1)NCCC(=O)NC1CCCC1.I. The van der Waals surface area contributed by atoms with Crippen molar-refractivity contribution in [2.75, 3.05) is 26.7 Å². The van der Waals surface area contributed by atoms with E-state index in [0.717, 1.165) is 25.3 Å². The van der Waals surface area contributed by atoms with Crippen molar-refractivity contribution in [3.8, 4) is 0 Å². The summed E-state index contributed by atoms with van der Waals surface area (Å²) in [4.78, 5) is 16.1. The molecule has 3 N–H and O–H groups in total. The minimum Gasteiger partial charge on any atom is -0.376 e. The van der Waals surface area contributed by atoms with E-state index >= 15 is 0 Å². The van der Waals surface area contributed by atoms with Gasteiger partial charge in [0.05, 0.1) is 12.7 Å². The van der Waals surface area contributed by atoms with Gasteiger partial charge in [0.1, 0.15) is 0 Å². The maximum absolute atomic E-state index is 11.9. The predicted octanol–water partition coefficient (Wildman–Crippen LogP) is 2.96. The van der Waals surface area contributed by atoms with Crippen LogP contribution in [0.15, 0.2) is 4.99 Å². The summed E-state index contributed by atoms with van der Waals surface area (Å²) < 4.78 is 5.97. The van der Waals surface area contributed by atoms with Crippen LogP contribution in [0, 0.1) is 0 Å². The van der Waals surface area contributed by atoms with Gasteiger partial charge in [0.15, 0.2) is 5.96 Å². The molecule has 0 spiro atoms. The maximum Gasteiger partial charge on any atom is 0.221 e. The zero-order valence-corrected chi connectivity index (χ0v) is 18.6.